The van der Waals surface area contributed by atoms with Gasteiger partial charge in [0, 0.05) is 23.3 Å². The molecule has 6 nitrogen and oxygen atoms in total. The molecule has 2 aromatic carbocycles. The highest BCUT2D eigenvalue weighted by molar-refractivity contribution is 7.15. The zero-order chi connectivity index (χ0) is 20.2. The Kier molecular flexibility index (Phi) is 5.50. The third-order valence-electron chi connectivity index (χ3n) is 4.07. The van der Waals surface area contributed by atoms with E-state index in [4.69, 9.17) is 21.1 Å². The Labute approximate surface area is 176 Å². The molecule has 0 aliphatic carbocycles. The minimum Gasteiger partial charge on any atom is -0.493 e. The fraction of sp³-hybridized carbons (Fsp3) is 0.0476. The van der Waals surface area contributed by atoms with Crippen LogP contribution in [0.1, 0.15) is 5.69 Å². The quantitative estimate of drug-likeness (QED) is 0.414. The number of anilines is 1. The Morgan fingerprint density at radius 3 is 2.69 bits per heavy atom. The van der Waals surface area contributed by atoms with Gasteiger partial charge in [0.15, 0.2) is 21.6 Å². The molecule has 0 unspecified atom stereocenters. The van der Waals surface area contributed by atoms with Gasteiger partial charge >= 0.3 is 0 Å². The number of amides is 1. The van der Waals surface area contributed by atoms with Crippen LogP contribution in [0.5, 0.6) is 17.2 Å². The van der Waals surface area contributed by atoms with E-state index in [0.29, 0.717) is 33.8 Å². The van der Waals surface area contributed by atoms with Gasteiger partial charge in [-0.3, -0.25) is 9.20 Å². The lowest BCUT2D eigenvalue weighted by Gasteiger charge is -2.10. The summed E-state index contributed by atoms with van der Waals surface area (Å²) in [6.45, 7) is 0. The van der Waals surface area contributed by atoms with E-state index >= 15 is 0 Å². The van der Waals surface area contributed by atoms with Crippen LogP contribution in [0.2, 0.25) is 5.15 Å². The molecule has 0 aliphatic rings. The number of nitrogens with one attached hydrogen (secondary N) is 1. The second-order valence-corrected chi connectivity index (χ2v) is 7.17. The van der Waals surface area contributed by atoms with Gasteiger partial charge in [-0.25, -0.2) is 4.98 Å². The lowest BCUT2D eigenvalue weighted by molar-refractivity contribution is -0.111. The minimum atomic E-state index is -0.273. The maximum atomic E-state index is 12.2. The van der Waals surface area contributed by atoms with Crippen LogP contribution in [0.3, 0.4) is 0 Å². The largest absolute Gasteiger partial charge is 0.493 e. The number of nitrogens with zero attached hydrogens (tertiary/aromatic N) is 2. The lowest BCUT2D eigenvalue weighted by atomic mass is 10.3. The fourth-order valence-electron chi connectivity index (χ4n) is 2.70. The second-order valence-electron chi connectivity index (χ2n) is 5.94. The molecule has 0 spiro atoms. The van der Waals surface area contributed by atoms with Crippen LogP contribution in [0.25, 0.3) is 11.0 Å². The molecule has 4 rings (SSSR count). The van der Waals surface area contributed by atoms with Crippen molar-refractivity contribution in [3.8, 4) is 17.2 Å². The van der Waals surface area contributed by atoms with Crippen molar-refractivity contribution in [3.63, 3.8) is 0 Å². The Hall–Kier alpha value is -3.29. The predicted octanol–water partition coefficient (Wildman–Crippen LogP) is 5.50. The first-order valence-corrected chi connectivity index (χ1v) is 9.91. The van der Waals surface area contributed by atoms with E-state index in [9.17, 15) is 4.79 Å². The molecule has 146 valence electrons. The van der Waals surface area contributed by atoms with Crippen LogP contribution >= 0.6 is 22.9 Å². The van der Waals surface area contributed by atoms with Gasteiger partial charge in [0.05, 0.1) is 12.8 Å². The molecular weight excluding hydrogens is 410 g/mol. The highest BCUT2D eigenvalue weighted by Crippen LogP contribution is 2.31. The standard InChI is InChI=1S/C21H16ClN3O3S/c1-27-17-4-2-3-5-18(17)28-15-8-6-14(7-9-15)23-19(26)11-10-16-20(22)24-21-25(16)12-13-29-21/h2-13H,1H3,(H,23,26)/b11-10+. The van der Waals surface area contributed by atoms with E-state index in [2.05, 4.69) is 10.3 Å². The number of ether oxygens (including phenoxy) is 2. The summed E-state index contributed by atoms with van der Waals surface area (Å²) in [5.41, 5.74) is 1.31. The Bertz CT molecular complexity index is 1180. The number of imidazole rings is 1. The van der Waals surface area contributed by atoms with Crippen LogP contribution < -0.4 is 14.8 Å². The van der Waals surface area contributed by atoms with Gasteiger partial charge < -0.3 is 14.8 Å². The summed E-state index contributed by atoms with van der Waals surface area (Å²) in [5, 5.41) is 5.07. The molecular formula is C21H16ClN3O3S. The van der Waals surface area contributed by atoms with Crippen molar-refractivity contribution in [1.29, 1.82) is 0 Å². The molecule has 8 heteroatoms. The number of hydrogen-bond acceptors (Lipinski definition) is 5. The first-order chi connectivity index (χ1) is 14.1. The normalized spacial score (nSPS) is 11.1. The number of benzene rings is 2. The zero-order valence-electron chi connectivity index (χ0n) is 15.3. The molecule has 0 saturated carbocycles. The number of rotatable bonds is 6. The fourth-order valence-corrected chi connectivity index (χ4v) is 3.71. The van der Waals surface area contributed by atoms with Crippen molar-refractivity contribution in [2.24, 2.45) is 0 Å². The number of carbonyl (C=O) groups is 1. The molecule has 4 aromatic rings. The molecule has 2 aromatic heterocycles. The van der Waals surface area contributed by atoms with Crippen molar-refractivity contribution >= 4 is 45.6 Å². The van der Waals surface area contributed by atoms with Gasteiger partial charge in [-0.1, -0.05) is 23.7 Å². The molecule has 1 amide bonds. The molecule has 1 N–H and O–H groups in total. The van der Waals surface area contributed by atoms with Gasteiger partial charge in [-0.2, -0.15) is 0 Å². The maximum Gasteiger partial charge on any atom is 0.248 e. The minimum absolute atomic E-state index is 0.273. The summed E-state index contributed by atoms with van der Waals surface area (Å²) < 4.78 is 12.9. The molecule has 29 heavy (non-hydrogen) atoms. The molecule has 0 saturated heterocycles. The van der Waals surface area contributed by atoms with Gasteiger partial charge in [0.25, 0.3) is 0 Å². The van der Waals surface area contributed by atoms with Gasteiger partial charge in [-0.15, -0.1) is 11.3 Å². The van der Waals surface area contributed by atoms with Crippen molar-refractivity contribution in [2.45, 2.75) is 0 Å². The molecule has 2 heterocycles. The molecule has 0 aliphatic heterocycles. The van der Waals surface area contributed by atoms with E-state index < -0.39 is 0 Å². The number of aromatic nitrogens is 2. The monoisotopic (exact) mass is 425 g/mol. The van der Waals surface area contributed by atoms with Gasteiger partial charge in [-0.05, 0) is 42.5 Å². The SMILES string of the molecule is COc1ccccc1Oc1ccc(NC(=O)/C=C/c2c(Cl)nc3sccn23)cc1. The number of carbonyl (C=O) groups excluding carboxylic acids is 1. The summed E-state index contributed by atoms with van der Waals surface area (Å²) in [6.07, 6.45) is 4.92. The van der Waals surface area contributed by atoms with Crippen molar-refractivity contribution < 1.29 is 14.3 Å². The summed E-state index contributed by atoms with van der Waals surface area (Å²) >= 11 is 7.60. The number of halogens is 1. The molecule has 0 atom stereocenters. The first kappa shape index (κ1) is 19.0. The van der Waals surface area contributed by atoms with E-state index in [1.54, 1.807) is 37.5 Å². The first-order valence-electron chi connectivity index (χ1n) is 8.65. The molecule has 0 bridgehead atoms. The lowest BCUT2D eigenvalue weighted by Crippen LogP contribution is -2.07. The van der Waals surface area contributed by atoms with E-state index in [1.165, 1.54) is 17.4 Å². The number of fused-ring (bicyclic) bond motifs is 1. The van der Waals surface area contributed by atoms with Gasteiger partial charge in [0.1, 0.15) is 5.75 Å². The van der Waals surface area contributed by atoms with Crippen molar-refractivity contribution in [3.05, 3.63) is 77.0 Å². The Balaban J connectivity index is 1.41. The average Bonchev–Trinajstić information content (AvgIpc) is 3.29. The Morgan fingerprint density at radius 1 is 1.17 bits per heavy atom. The summed E-state index contributed by atoms with van der Waals surface area (Å²) in [7, 11) is 1.59. The topological polar surface area (TPSA) is 64.9 Å². The molecule has 0 fully saturated rings. The van der Waals surface area contributed by atoms with Crippen LogP contribution in [0.4, 0.5) is 5.69 Å². The van der Waals surface area contributed by atoms with Crippen molar-refractivity contribution in [1.82, 2.24) is 9.38 Å². The van der Waals surface area contributed by atoms with E-state index in [-0.39, 0.29) is 5.91 Å². The summed E-state index contributed by atoms with van der Waals surface area (Å²) in [6, 6.07) is 14.5. The number of thiazole rings is 1. The summed E-state index contributed by atoms with van der Waals surface area (Å²) in [4.78, 5) is 17.2. The van der Waals surface area contributed by atoms with Crippen molar-refractivity contribution in [2.75, 3.05) is 12.4 Å². The van der Waals surface area contributed by atoms with Crippen LogP contribution in [-0.2, 0) is 4.79 Å². The van der Waals surface area contributed by atoms with Crippen LogP contribution in [0, 0.1) is 0 Å². The Morgan fingerprint density at radius 2 is 1.93 bits per heavy atom. The van der Waals surface area contributed by atoms with Gasteiger partial charge in [0.2, 0.25) is 5.91 Å². The smallest absolute Gasteiger partial charge is 0.248 e. The van der Waals surface area contributed by atoms with Crippen LogP contribution in [-0.4, -0.2) is 22.4 Å². The number of methoxy groups -OCH3 is 1. The average molecular weight is 426 g/mol. The zero-order valence-corrected chi connectivity index (χ0v) is 16.9. The molecule has 0 radical (unpaired) electrons. The van der Waals surface area contributed by atoms with E-state index in [0.717, 1.165) is 4.96 Å². The highest BCUT2D eigenvalue weighted by Gasteiger charge is 2.09. The van der Waals surface area contributed by atoms with Crippen LogP contribution in [0.15, 0.2) is 66.2 Å². The number of hydrogen-bond donors (Lipinski definition) is 1. The second kappa shape index (κ2) is 8.38. The third-order valence-corrected chi connectivity index (χ3v) is 5.10. The number of para-hydroxylation sites is 2. The highest BCUT2D eigenvalue weighted by atomic mass is 35.5. The summed E-state index contributed by atoms with van der Waals surface area (Å²) in [5.74, 6) is 1.62. The third kappa shape index (κ3) is 4.26. The maximum absolute atomic E-state index is 12.2. The predicted molar refractivity (Wildman–Crippen MR) is 115 cm³/mol. The van der Waals surface area contributed by atoms with E-state index in [1.807, 2.05) is 40.2 Å².